The fraction of sp³-hybridized carbons (Fsp3) is 0.462. The Bertz CT molecular complexity index is 382. The van der Waals surface area contributed by atoms with Gasteiger partial charge in [-0.3, -0.25) is 0 Å². The van der Waals surface area contributed by atoms with E-state index in [1.165, 1.54) is 5.69 Å². The average molecular weight is 282 g/mol. The minimum absolute atomic E-state index is 0.237. The lowest BCUT2D eigenvalue weighted by Gasteiger charge is -2.32. The third-order valence-corrected chi connectivity index (χ3v) is 9.19. The number of benzene rings is 1. The van der Waals surface area contributed by atoms with Crippen molar-refractivity contribution in [2.75, 3.05) is 10.8 Å². The summed E-state index contributed by atoms with van der Waals surface area (Å²) in [5, 5.41) is 0. The molecule has 0 aliphatic carbocycles. The van der Waals surface area contributed by atoms with Crippen molar-refractivity contribution in [2.24, 2.45) is 0 Å². The number of carbonyl (C=O) groups excluding carboxylic acids is 1. The zero-order valence-corrected chi connectivity index (χ0v) is 14.2. The van der Waals surface area contributed by atoms with Crippen LogP contribution in [0.2, 0.25) is 26.2 Å². The van der Waals surface area contributed by atoms with E-state index >= 15 is 0 Å². The van der Waals surface area contributed by atoms with Crippen LogP contribution in [0, 0.1) is 0 Å². The minimum Gasteiger partial charge on any atom is -0.462 e. The van der Waals surface area contributed by atoms with E-state index in [0.29, 0.717) is 12.2 Å². The maximum Gasteiger partial charge on any atom is 0.338 e. The van der Waals surface area contributed by atoms with Gasteiger partial charge in [0.25, 0.3) is 0 Å². The zero-order chi connectivity index (χ0) is 13.7. The molecule has 5 heteroatoms. The highest BCUT2D eigenvalue weighted by Crippen LogP contribution is 2.18. The van der Waals surface area contributed by atoms with Crippen LogP contribution in [0.15, 0.2) is 24.3 Å². The first-order valence-electron chi connectivity index (χ1n) is 6.52. The molecular weight excluding hydrogens is 258 g/mol. The second-order valence-electron chi connectivity index (χ2n) is 4.86. The Morgan fingerprint density at radius 3 is 2.00 bits per heavy atom. The molecule has 0 amide bonds. The fourth-order valence-electron chi connectivity index (χ4n) is 2.18. The van der Waals surface area contributed by atoms with Gasteiger partial charge in [-0.15, -0.1) is 0 Å². The molecule has 100 valence electrons. The van der Waals surface area contributed by atoms with E-state index < -0.39 is 17.9 Å². The molecule has 1 aromatic rings. The molecule has 0 fully saturated rings. The SMILES string of the molecule is CCOC(=O)c1ccc(N([SiH](C)C)[SiH](C)C)cc1. The smallest absolute Gasteiger partial charge is 0.338 e. The molecule has 0 spiro atoms. The Kier molecular flexibility index (Phi) is 5.62. The third kappa shape index (κ3) is 3.71. The second-order valence-corrected chi connectivity index (χ2v) is 10.9. The van der Waals surface area contributed by atoms with Crippen molar-refractivity contribution in [1.29, 1.82) is 0 Å². The van der Waals surface area contributed by atoms with E-state index in [0.717, 1.165) is 0 Å². The largest absolute Gasteiger partial charge is 0.462 e. The summed E-state index contributed by atoms with van der Waals surface area (Å²) in [7, 11) is -1.69. The molecule has 0 aromatic heterocycles. The number of anilines is 1. The second kappa shape index (κ2) is 6.75. The van der Waals surface area contributed by atoms with Crippen LogP contribution in [0.3, 0.4) is 0 Å². The van der Waals surface area contributed by atoms with Crippen LogP contribution in [-0.2, 0) is 4.74 Å². The summed E-state index contributed by atoms with van der Waals surface area (Å²) in [6.07, 6.45) is 0. The lowest BCUT2D eigenvalue weighted by Crippen LogP contribution is -2.43. The van der Waals surface area contributed by atoms with Crippen LogP contribution in [0.25, 0.3) is 0 Å². The van der Waals surface area contributed by atoms with Crippen LogP contribution < -0.4 is 4.23 Å². The number of nitrogens with zero attached hydrogens (tertiary/aromatic N) is 1. The Balaban J connectivity index is 2.90. The predicted molar refractivity (Wildman–Crippen MR) is 82.6 cm³/mol. The Labute approximate surface area is 113 Å². The summed E-state index contributed by atoms with van der Waals surface area (Å²) in [6.45, 7) is 11.6. The van der Waals surface area contributed by atoms with E-state index in [1.54, 1.807) is 0 Å². The van der Waals surface area contributed by atoms with E-state index in [2.05, 4.69) is 30.4 Å². The Hall–Kier alpha value is -1.08. The van der Waals surface area contributed by atoms with Crippen LogP contribution in [0.4, 0.5) is 5.69 Å². The first-order valence-corrected chi connectivity index (χ1v) is 12.2. The number of rotatable bonds is 5. The van der Waals surface area contributed by atoms with E-state index in [-0.39, 0.29) is 5.97 Å². The van der Waals surface area contributed by atoms with Crippen molar-refractivity contribution in [3.63, 3.8) is 0 Å². The third-order valence-electron chi connectivity index (χ3n) is 2.79. The van der Waals surface area contributed by atoms with Crippen molar-refractivity contribution in [1.82, 2.24) is 0 Å². The molecule has 0 radical (unpaired) electrons. The van der Waals surface area contributed by atoms with Gasteiger partial charge in [0.1, 0.15) is 17.9 Å². The molecule has 1 rings (SSSR count). The molecule has 0 unspecified atom stereocenters. The summed E-state index contributed by atoms with van der Waals surface area (Å²) in [5.74, 6) is -0.237. The maximum atomic E-state index is 11.6. The van der Waals surface area contributed by atoms with Gasteiger partial charge in [-0.2, -0.15) is 0 Å². The van der Waals surface area contributed by atoms with Crippen LogP contribution in [0.5, 0.6) is 0 Å². The van der Waals surface area contributed by atoms with Gasteiger partial charge >= 0.3 is 5.97 Å². The van der Waals surface area contributed by atoms with Gasteiger partial charge in [0, 0.05) is 5.69 Å². The fourth-order valence-corrected chi connectivity index (χ4v) is 8.48. The molecule has 0 N–H and O–H groups in total. The summed E-state index contributed by atoms with van der Waals surface area (Å²) >= 11 is 0. The molecule has 0 bridgehead atoms. The summed E-state index contributed by atoms with van der Waals surface area (Å²) in [4.78, 5) is 11.6. The van der Waals surface area contributed by atoms with Gasteiger partial charge in [-0.05, 0) is 31.2 Å². The molecule has 0 aliphatic heterocycles. The van der Waals surface area contributed by atoms with Crippen LogP contribution >= 0.6 is 0 Å². The van der Waals surface area contributed by atoms with Gasteiger partial charge in [-0.1, -0.05) is 26.2 Å². The Morgan fingerprint density at radius 1 is 1.11 bits per heavy atom. The molecule has 3 nitrogen and oxygen atoms in total. The van der Waals surface area contributed by atoms with Crippen LogP contribution in [0.1, 0.15) is 17.3 Å². The summed E-state index contributed by atoms with van der Waals surface area (Å²) < 4.78 is 7.58. The molecule has 0 saturated carbocycles. The molecule has 1 aromatic carbocycles. The van der Waals surface area contributed by atoms with Crippen molar-refractivity contribution in [3.05, 3.63) is 29.8 Å². The normalized spacial score (nSPS) is 10.8. The maximum absolute atomic E-state index is 11.6. The van der Waals surface area contributed by atoms with Crippen molar-refractivity contribution < 1.29 is 9.53 Å². The standard InChI is InChI=1S/C13H23NO2Si2/c1-6-16-13(15)11-7-9-12(10-8-11)14(17(2)3)18(4)5/h7-10,17-18H,6H2,1-5H3. The van der Waals surface area contributed by atoms with Crippen LogP contribution in [-0.4, -0.2) is 30.5 Å². The van der Waals surface area contributed by atoms with E-state index in [1.807, 2.05) is 31.2 Å². The van der Waals surface area contributed by atoms with Crippen molar-refractivity contribution >= 4 is 29.6 Å². The van der Waals surface area contributed by atoms with Gasteiger partial charge < -0.3 is 8.97 Å². The molecule has 0 atom stereocenters. The van der Waals surface area contributed by atoms with E-state index in [9.17, 15) is 4.79 Å². The molecular formula is C13H23NO2Si2. The lowest BCUT2D eigenvalue weighted by atomic mass is 10.2. The highest BCUT2D eigenvalue weighted by Gasteiger charge is 2.16. The van der Waals surface area contributed by atoms with Crippen molar-refractivity contribution in [3.8, 4) is 0 Å². The van der Waals surface area contributed by atoms with Crippen molar-refractivity contribution in [2.45, 2.75) is 33.1 Å². The Morgan fingerprint density at radius 2 is 1.61 bits per heavy atom. The first-order chi connectivity index (χ1) is 8.47. The number of carbonyl (C=O) groups is 1. The summed E-state index contributed by atoms with van der Waals surface area (Å²) in [6, 6.07) is 7.83. The van der Waals surface area contributed by atoms with Gasteiger partial charge in [0.15, 0.2) is 0 Å². The molecule has 0 aliphatic rings. The number of ether oxygens (including phenoxy) is 1. The van der Waals surface area contributed by atoms with E-state index in [4.69, 9.17) is 4.74 Å². The summed E-state index contributed by atoms with van der Waals surface area (Å²) in [5.41, 5.74) is 1.89. The average Bonchev–Trinajstić information content (AvgIpc) is 2.29. The monoisotopic (exact) mass is 281 g/mol. The van der Waals surface area contributed by atoms with Gasteiger partial charge in [0.05, 0.1) is 12.2 Å². The first kappa shape index (κ1) is 15.0. The highest BCUT2D eigenvalue weighted by atomic mass is 28.3. The van der Waals surface area contributed by atoms with Gasteiger partial charge in [0.2, 0.25) is 0 Å². The van der Waals surface area contributed by atoms with Gasteiger partial charge in [-0.25, -0.2) is 4.79 Å². The lowest BCUT2D eigenvalue weighted by molar-refractivity contribution is 0.0526. The molecule has 0 heterocycles. The number of hydrogen-bond donors (Lipinski definition) is 0. The molecule has 18 heavy (non-hydrogen) atoms. The molecule has 0 saturated heterocycles. The highest BCUT2D eigenvalue weighted by molar-refractivity contribution is 6.81. The topological polar surface area (TPSA) is 29.5 Å². The number of esters is 1. The number of hydrogen-bond acceptors (Lipinski definition) is 3. The zero-order valence-electron chi connectivity index (χ0n) is 11.9. The minimum atomic E-state index is -0.845. The quantitative estimate of drug-likeness (QED) is 0.614. The predicted octanol–water partition coefficient (Wildman–Crippen LogP) is 2.64.